The summed E-state index contributed by atoms with van der Waals surface area (Å²) in [4.78, 5) is 16.8. The monoisotopic (exact) mass is 484 g/mol. The predicted molar refractivity (Wildman–Crippen MR) is 126 cm³/mol. The molecule has 1 aromatic heterocycles. The lowest BCUT2D eigenvalue weighted by Crippen LogP contribution is -2.32. The molecule has 0 saturated carbocycles. The highest BCUT2D eigenvalue weighted by Gasteiger charge is 2.44. The molecule has 4 rings (SSSR count). The Morgan fingerprint density at radius 2 is 1.80 bits per heavy atom. The van der Waals surface area contributed by atoms with Crippen molar-refractivity contribution >= 4 is 17.4 Å². The number of carbonyl (C=O) groups is 1. The lowest BCUT2D eigenvalue weighted by Gasteiger charge is -2.26. The molecule has 2 heterocycles. The molecule has 0 spiro atoms. The number of quaternary nitrogens is 1. The van der Waals surface area contributed by atoms with Crippen LogP contribution in [-0.2, 0) is 17.4 Å². The van der Waals surface area contributed by atoms with Crippen LogP contribution in [0, 0.1) is 5.21 Å². The van der Waals surface area contributed by atoms with Gasteiger partial charge in [0.05, 0.1) is 37.9 Å². The van der Waals surface area contributed by atoms with Crippen LogP contribution >= 0.6 is 0 Å². The number of nitrogens with one attached hydrogen (secondary N) is 1. The SMILES string of the molecule is COc1ccc(C(C)NC(=O)Cc2cc(C(F)(F)F)c3c(n2)[N+](C)([O-])N=C3c2ccccc2)cc1. The van der Waals surface area contributed by atoms with Crippen LogP contribution in [0.4, 0.5) is 19.0 Å². The Labute approximate surface area is 200 Å². The second-order valence-electron chi connectivity index (χ2n) is 8.29. The number of alkyl halides is 3. The third-order valence-electron chi connectivity index (χ3n) is 5.66. The fourth-order valence-corrected chi connectivity index (χ4v) is 3.95. The zero-order chi connectivity index (χ0) is 25.4. The highest BCUT2D eigenvalue weighted by molar-refractivity contribution is 6.18. The molecule has 1 N–H and O–H groups in total. The minimum Gasteiger partial charge on any atom is -0.598 e. The summed E-state index contributed by atoms with van der Waals surface area (Å²) < 4.78 is 45.9. The molecule has 1 aliphatic heterocycles. The van der Waals surface area contributed by atoms with Gasteiger partial charge in [-0.3, -0.25) is 4.79 Å². The van der Waals surface area contributed by atoms with Crippen molar-refractivity contribution in [2.75, 3.05) is 14.2 Å². The average Bonchev–Trinajstić information content (AvgIpc) is 3.09. The number of rotatable bonds is 6. The van der Waals surface area contributed by atoms with Crippen LogP contribution in [0.2, 0.25) is 0 Å². The number of fused-ring (bicyclic) bond motifs is 1. The zero-order valence-corrected chi connectivity index (χ0v) is 19.3. The molecule has 2 aromatic carbocycles. The van der Waals surface area contributed by atoms with E-state index in [9.17, 15) is 23.2 Å². The fraction of sp³-hybridized carbons (Fsp3) is 0.240. The smallest absolute Gasteiger partial charge is 0.417 e. The molecule has 3 aromatic rings. The van der Waals surface area contributed by atoms with E-state index in [1.807, 2.05) is 0 Å². The summed E-state index contributed by atoms with van der Waals surface area (Å²) in [6, 6.07) is 15.6. The summed E-state index contributed by atoms with van der Waals surface area (Å²) in [5.41, 5.74) is -0.493. The molecule has 0 radical (unpaired) electrons. The molecule has 7 nitrogen and oxygen atoms in total. The van der Waals surface area contributed by atoms with Crippen molar-refractivity contribution in [3.8, 4) is 5.75 Å². The Kier molecular flexibility index (Phi) is 6.35. The van der Waals surface area contributed by atoms with E-state index in [0.29, 0.717) is 11.3 Å². The lowest BCUT2D eigenvalue weighted by atomic mass is 9.97. The van der Waals surface area contributed by atoms with Gasteiger partial charge in [0.15, 0.2) is 0 Å². The van der Waals surface area contributed by atoms with E-state index < -0.39 is 40.7 Å². The Morgan fingerprint density at radius 1 is 1.14 bits per heavy atom. The van der Waals surface area contributed by atoms with Crippen molar-refractivity contribution in [2.24, 2.45) is 5.10 Å². The van der Waals surface area contributed by atoms with Gasteiger partial charge >= 0.3 is 6.18 Å². The third-order valence-corrected chi connectivity index (χ3v) is 5.66. The first-order valence-electron chi connectivity index (χ1n) is 10.8. The Balaban J connectivity index is 1.65. The van der Waals surface area contributed by atoms with Gasteiger partial charge in [-0.15, -0.1) is 0 Å². The molecule has 1 aliphatic rings. The Morgan fingerprint density at radius 3 is 2.40 bits per heavy atom. The molecule has 1 amide bonds. The van der Waals surface area contributed by atoms with E-state index >= 15 is 0 Å². The van der Waals surface area contributed by atoms with Crippen LogP contribution in [0.3, 0.4) is 0 Å². The second kappa shape index (κ2) is 9.12. The number of benzene rings is 2. The van der Waals surface area contributed by atoms with Gasteiger partial charge in [-0.25, -0.2) is 0 Å². The summed E-state index contributed by atoms with van der Waals surface area (Å²) in [6.45, 7) is 1.75. The number of aromatic nitrogens is 1. The highest BCUT2D eigenvalue weighted by atomic mass is 19.4. The number of nitrogens with zero attached hydrogens (tertiary/aromatic N) is 3. The maximum atomic E-state index is 14.1. The molecule has 2 unspecified atom stereocenters. The maximum Gasteiger partial charge on any atom is 0.417 e. The van der Waals surface area contributed by atoms with Crippen LogP contribution in [-0.4, -0.2) is 30.8 Å². The number of pyridine rings is 1. The molecule has 182 valence electrons. The minimum absolute atomic E-state index is 0.0814. The van der Waals surface area contributed by atoms with Crippen LogP contribution in [0.1, 0.15) is 40.9 Å². The summed E-state index contributed by atoms with van der Waals surface area (Å²) >= 11 is 0. The number of hydroxylamine groups is 1. The van der Waals surface area contributed by atoms with Crippen molar-refractivity contribution in [3.05, 3.63) is 93.8 Å². The molecule has 10 heteroatoms. The van der Waals surface area contributed by atoms with Crippen LogP contribution < -0.4 is 14.8 Å². The second-order valence-corrected chi connectivity index (χ2v) is 8.29. The molecule has 0 saturated heterocycles. The molecule has 0 fully saturated rings. The number of amides is 1. The average molecular weight is 484 g/mol. The Bertz CT molecular complexity index is 1270. The first kappa shape index (κ1) is 24.4. The number of ether oxygens (including phenoxy) is 1. The number of hydrogen-bond acceptors (Lipinski definition) is 5. The van der Waals surface area contributed by atoms with Crippen molar-refractivity contribution in [1.82, 2.24) is 15.1 Å². The quantitative estimate of drug-likeness (QED) is 0.405. The molecular weight excluding hydrogens is 461 g/mol. The van der Waals surface area contributed by atoms with Gasteiger partial charge in [0.25, 0.3) is 5.82 Å². The maximum absolute atomic E-state index is 14.1. The van der Waals surface area contributed by atoms with Crippen LogP contribution in [0.5, 0.6) is 5.75 Å². The zero-order valence-electron chi connectivity index (χ0n) is 19.3. The van der Waals surface area contributed by atoms with Gasteiger partial charge in [-0.2, -0.15) is 22.9 Å². The van der Waals surface area contributed by atoms with Gasteiger partial charge in [-0.1, -0.05) is 47.6 Å². The first-order valence-corrected chi connectivity index (χ1v) is 10.8. The van der Waals surface area contributed by atoms with Crippen LogP contribution in [0.15, 0.2) is 65.8 Å². The number of methoxy groups -OCH3 is 1. The molecular formula is C25H23F3N4O3. The van der Waals surface area contributed by atoms with Gasteiger partial charge in [0, 0.05) is 5.56 Å². The van der Waals surface area contributed by atoms with Crippen LogP contribution in [0.25, 0.3) is 0 Å². The van der Waals surface area contributed by atoms with E-state index in [4.69, 9.17) is 4.74 Å². The number of carbonyl (C=O) groups excluding carboxylic acids is 1. The highest BCUT2D eigenvalue weighted by Crippen LogP contribution is 2.42. The minimum atomic E-state index is -4.78. The van der Waals surface area contributed by atoms with E-state index in [1.54, 1.807) is 68.6 Å². The molecule has 35 heavy (non-hydrogen) atoms. The van der Waals surface area contributed by atoms with Crippen molar-refractivity contribution < 1.29 is 22.7 Å². The third kappa shape index (κ3) is 5.03. The Hall–Kier alpha value is -3.76. The van der Waals surface area contributed by atoms with Crippen molar-refractivity contribution in [2.45, 2.75) is 25.6 Å². The van der Waals surface area contributed by atoms with Gasteiger partial charge < -0.3 is 15.3 Å². The molecule has 0 aliphatic carbocycles. The summed E-state index contributed by atoms with van der Waals surface area (Å²) in [6.07, 6.45) is -5.22. The van der Waals surface area contributed by atoms with Gasteiger partial charge in [0.1, 0.15) is 17.0 Å². The first-order chi connectivity index (χ1) is 16.5. The fourth-order valence-electron chi connectivity index (χ4n) is 3.95. The standard InChI is InChI=1S/C25H23F3N4O3/c1-15(16-9-11-19(35-3)12-10-16)29-21(33)14-18-13-20(25(26,27)28)22-23(17-7-5-4-6-8-17)31-32(2,34)24(22)30-18/h4-13,15H,14H2,1-3H3,(H,29,33). The summed E-state index contributed by atoms with van der Waals surface area (Å²) in [5, 5.41) is 19.8. The number of halogens is 3. The molecule has 0 bridgehead atoms. The topological polar surface area (TPSA) is 86.6 Å². The van der Waals surface area contributed by atoms with Gasteiger partial charge in [0.2, 0.25) is 5.91 Å². The summed E-state index contributed by atoms with van der Waals surface area (Å²) in [5.74, 6) is -0.272. The largest absolute Gasteiger partial charge is 0.598 e. The lowest BCUT2D eigenvalue weighted by molar-refractivity contribution is -0.137. The van der Waals surface area contributed by atoms with Gasteiger partial charge in [-0.05, 0) is 30.7 Å². The molecule has 2 atom stereocenters. The summed E-state index contributed by atoms with van der Waals surface area (Å²) in [7, 11) is 2.65. The van der Waals surface area contributed by atoms with E-state index in [2.05, 4.69) is 15.4 Å². The van der Waals surface area contributed by atoms with Crippen molar-refractivity contribution in [3.63, 3.8) is 0 Å². The van der Waals surface area contributed by atoms with E-state index in [-0.39, 0.29) is 17.0 Å². The van der Waals surface area contributed by atoms with Crippen molar-refractivity contribution in [1.29, 1.82) is 0 Å². The van der Waals surface area contributed by atoms with E-state index in [1.165, 1.54) is 0 Å². The predicted octanol–water partition coefficient (Wildman–Crippen LogP) is 4.73. The van der Waals surface area contributed by atoms with E-state index in [0.717, 1.165) is 18.7 Å². The normalized spacial score (nSPS) is 18.0. The number of hydrogen-bond donors (Lipinski definition) is 1.